The van der Waals surface area contributed by atoms with E-state index in [0.29, 0.717) is 5.54 Å². The van der Waals surface area contributed by atoms with Gasteiger partial charge >= 0.3 is 0 Å². The predicted molar refractivity (Wildman–Crippen MR) is 92.7 cm³/mol. The van der Waals surface area contributed by atoms with Gasteiger partial charge in [-0.1, -0.05) is 90.1 Å². The van der Waals surface area contributed by atoms with Crippen molar-refractivity contribution in [2.45, 2.75) is 12.5 Å². The van der Waals surface area contributed by atoms with E-state index in [4.69, 9.17) is 0 Å². The van der Waals surface area contributed by atoms with Crippen LogP contribution in [0, 0.1) is 5.82 Å². The van der Waals surface area contributed by atoms with Gasteiger partial charge in [-0.3, -0.25) is 0 Å². The van der Waals surface area contributed by atoms with Crippen LogP contribution in [-0.4, -0.2) is 8.80 Å². The van der Waals surface area contributed by atoms with Crippen molar-refractivity contribution in [3.63, 3.8) is 0 Å². The van der Waals surface area contributed by atoms with Gasteiger partial charge in [0.1, 0.15) is 14.6 Å². The van der Waals surface area contributed by atoms with Gasteiger partial charge in [0.05, 0.1) is 0 Å². The SMILES string of the molecule is CC(c1cccc(F)c1)[Si](c1ccccc1)c1ccccc1. The highest BCUT2D eigenvalue weighted by Crippen LogP contribution is 2.19. The van der Waals surface area contributed by atoms with E-state index in [1.165, 1.54) is 16.4 Å². The second-order valence-corrected chi connectivity index (χ2v) is 8.27. The average molecular weight is 305 g/mol. The van der Waals surface area contributed by atoms with E-state index in [1.54, 1.807) is 12.1 Å². The molecule has 0 aliphatic heterocycles. The highest BCUT2D eigenvalue weighted by molar-refractivity contribution is 6.86. The summed E-state index contributed by atoms with van der Waals surface area (Å²) >= 11 is 0. The summed E-state index contributed by atoms with van der Waals surface area (Å²) in [5.74, 6) is -0.160. The molecule has 0 heterocycles. The lowest BCUT2D eigenvalue weighted by Gasteiger charge is -2.23. The summed E-state index contributed by atoms with van der Waals surface area (Å²) in [7, 11) is -1.01. The van der Waals surface area contributed by atoms with Crippen molar-refractivity contribution in [3.05, 3.63) is 96.3 Å². The van der Waals surface area contributed by atoms with Gasteiger partial charge in [0, 0.05) is 0 Å². The van der Waals surface area contributed by atoms with E-state index in [1.807, 2.05) is 18.2 Å². The Morgan fingerprint density at radius 3 is 1.77 bits per heavy atom. The molecule has 2 heteroatoms. The zero-order valence-electron chi connectivity index (χ0n) is 12.5. The number of halogens is 1. The lowest BCUT2D eigenvalue weighted by molar-refractivity contribution is 0.625. The van der Waals surface area contributed by atoms with Crippen molar-refractivity contribution in [2.24, 2.45) is 0 Å². The molecule has 0 aliphatic carbocycles. The summed E-state index contributed by atoms with van der Waals surface area (Å²) in [5.41, 5.74) is 1.37. The molecular weight excluding hydrogens is 287 g/mol. The van der Waals surface area contributed by atoms with Crippen LogP contribution in [0.5, 0.6) is 0 Å². The van der Waals surface area contributed by atoms with Crippen LogP contribution >= 0.6 is 0 Å². The Morgan fingerprint density at radius 1 is 0.727 bits per heavy atom. The first-order valence-corrected chi connectivity index (χ1v) is 9.06. The van der Waals surface area contributed by atoms with Crippen LogP contribution in [0.15, 0.2) is 84.9 Å². The molecule has 3 rings (SSSR count). The van der Waals surface area contributed by atoms with Crippen LogP contribution in [0.4, 0.5) is 4.39 Å². The monoisotopic (exact) mass is 305 g/mol. The molecule has 109 valence electrons. The van der Waals surface area contributed by atoms with Gasteiger partial charge in [-0.15, -0.1) is 0 Å². The number of hydrogen-bond donors (Lipinski definition) is 0. The summed E-state index contributed by atoms with van der Waals surface area (Å²) < 4.78 is 13.6. The van der Waals surface area contributed by atoms with Gasteiger partial charge in [-0.05, 0) is 23.2 Å². The van der Waals surface area contributed by atoms with E-state index in [-0.39, 0.29) is 5.82 Å². The number of rotatable bonds is 4. The molecule has 1 atom stereocenters. The minimum atomic E-state index is -1.01. The molecule has 0 spiro atoms. The average Bonchev–Trinajstić information content (AvgIpc) is 2.57. The third kappa shape index (κ3) is 3.17. The molecule has 3 aromatic rings. The Bertz CT molecular complexity index is 685. The summed E-state index contributed by atoms with van der Waals surface area (Å²) in [6.07, 6.45) is 0. The molecule has 0 fully saturated rings. The second kappa shape index (κ2) is 6.71. The molecule has 0 aliphatic rings. The molecule has 1 radical (unpaired) electrons. The molecule has 0 nitrogen and oxygen atoms in total. The molecule has 0 saturated carbocycles. The van der Waals surface area contributed by atoms with Gasteiger partial charge in [-0.2, -0.15) is 0 Å². The van der Waals surface area contributed by atoms with Crippen molar-refractivity contribution in [3.8, 4) is 0 Å². The zero-order chi connectivity index (χ0) is 15.4. The topological polar surface area (TPSA) is 0 Å². The van der Waals surface area contributed by atoms with Crippen LogP contribution in [0.2, 0.25) is 0 Å². The minimum Gasteiger partial charge on any atom is -0.207 e. The Hall–Kier alpha value is -2.19. The van der Waals surface area contributed by atoms with Crippen LogP contribution in [-0.2, 0) is 0 Å². The van der Waals surface area contributed by atoms with E-state index < -0.39 is 8.80 Å². The number of hydrogen-bond acceptors (Lipinski definition) is 0. The van der Waals surface area contributed by atoms with E-state index in [9.17, 15) is 4.39 Å². The van der Waals surface area contributed by atoms with E-state index >= 15 is 0 Å². The Labute approximate surface area is 132 Å². The first kappa shape index (κ1) is 14.7. The van der Waals surface area contributed by atoms with Crippen LogP contribution in [0.25, 0.3) is 0 Å². The maximum Gasteiger partial charge on any atom is 0.128 e. The molecule has 0 aromatic heterocycles. The smallest absolute Gasteiger partial charge is 0.128 e. The molecule has 0 saturated heterocycles. The van der Waals surface area contributed by atoms with Crippen LogP contribution in [0.3, 0.4) is 0 Å². The Morgan fingerprint density at radius 2 is 1.27 bits per heavy atom. The van der Waals surface area contributed by atoms with Gasteiger partial charge in [0.2, 0.25) is 0 Å². The van der Waals surface area contributed by atoms with Crippen LogP contribution < -0.4 is 10.4 Å². The summed E-state index contributed by atoms with van der Waals surface area (Å²) in [4.78, 5) is 0. The van der Waals surface area contributed by atoms with Gasteiger partial charge in [0.25, 0.3) is 0 Å². The molecular formula is C20H18FSi. The summed E-state index contributed by atoms with van der Waals surface area (Å²) in [5, 5.41) is 2.71. The fraction of sp³-hybridized carbons (Fsp3) is 0.100. The van der Waals surface area contributed by atoms with Crippen molar-refractivity contribution < 1.29 is 4.39 Å². The van der Waals surface area contributed by atoms with E-state index in [2.05, 4.69) is 55.5 Å². The maximum absolute atomic E-state index is 13.6. The first-order chi connectivity index (χ1) is 10.8. The number of benzene rings is 3. The van der Waals surface area contributed by atoms with Crippen molar-refractivity contribution in [2.75, 3.05) is 0 Å². The largest absolute Gasteiger partial charge is 0.207 e. The highest BCUT2D eigenvalue weighted by atomic mass is 28.3. The third-order valence-electron chi connectivity index (χ3n) is 3.95. The molecule has 0 amide bonds. The molecule has 0 N–H and O–H groups in total. The molecule has 0 bridgehead atoms. The Balaban J connectivity index is 2.06. The zero-order valence-corrected chi connectivity index (χ0v) is 13.5. The molecule has 22 heavy (non-hydrogen) atoms. The third-order valence-corrected chi connectivity index (χ3v) is 7.06. The molecule has 3 aromatic carbocycles. The maximum atomic E-state index is 13.6. The Kier molecular flexibility index (Phi) is 4.49. The fourth-order valence-corrected chi connectivity index (χ4v) is 5.79. The molecule has 1 unspecified atom stereocenters. The second-order valence-electron chi connectivity index (χ2n) is 5.42. The van der Waals surface area contributed by atoms with Crippen LogP contribution in [0.1, 0.15) is 18.0 Å². The first-order valence-electron chi connectivity index (χ1n) is 7.49. The minimum absolute atomic E-state index is 0.160. The highest BCUT2D eigenvalue weighted by Gasteiger charge is 2.25. The quantitative estimate of drug-likeness (QED) is 0.644. The standard InChI is InChI=1S/C20H18FSi/c1-16(17-9-8-10-18(21)15-17)22(19-11-4-2-5-12-19)20-13-6-3-7-14-20/h2-16H,1H3. The van der Waals surface area contributed by atoms with Gasteiger partial charge in [-0.25, -0.2) is 4.39 Å². The van der Waals surface area contributed by atoms with Crippen molar-refractivity contribution in [1.82, 2.24) is 0 Å². The summed E-state index contributed by atoms with van der Waals surface area (Å²) in [6.45, 7) is 2.21. The van der Waals surface area contributed by atoms with Gasteiger partial charge in [0.15, 0.2) is 0 Å². The van der Waals surface area contributed by atoms with Gasteiger partial charge < -0.3 is 0 Å². The fourth-order valence-electron chi connectivity index (χ4n) is 2.84. The normalized spacial score (nSPS) is 12.3. The summed E-state index contributed by atoms with van der Waals surface area (Å²) in [6, 6.07) is 28.2. The predicted octanol–water partition coefficient (Wildman–Crippen LogP) is 3.78. The van der Waals surface area contributed by atoms with Crippen molar-refractivity contribution >= 4 is 19.2 Å². The lowest BCUT2D eigenvalue weighted by atomic mass is 10.2. The van der Waals surface area contributed by atoms with E-state index in [0.717, 1.165) is 5.56 Å². The van der Waals surface area contributed by atoms with Crippen molar-refractivity contribution in [1.29, 1.82) is 0 Å². The lowest BCUT2D eigenvalue weighted by Crippen LogP contribution is -2.46.